The second kappa shape index (κ2) is 10.2. The van der Waals surface area contributed by atoms with Gasteiger partial charge in [-0.3, -0.25) is 14.4 Å². The molecule has 0 aliphatic carbocycles. The van der Waals surface area contributed by atoms with Crippen molar-refractivity contribution in [2.75, 3.05) is 25.5 Å². The van der Waals surface area contributed by atoms with Crippen LogP contribution in [-0.2, 0) is 16.0 Å². The molecule has 4 rings (SSSR count). The summed E-state index contributed by atoms with van der Waals surface area (Å²) in [5.74, 6) is 0.414. The highest BCUT2D eigenvalue weighted by atomic mass is 16.5. The van der Waals surface area contributed by atoms with Gasteiger partial charge in [-0.2, -0.15) is 0 Å². The molecule has 2 heterocycles. The van der Waals surface area contributed by atoms with Gasteiger partial charge >= 0.3 is 0 Å². The maximum atomic E-state index is 12.5. The Balaban J connectivity index is 1.46. The number of rotatable bonds is 9. The predicted octanol–water partition coefficient (Wildman–Crippen LogP) is 3.20. The third-order valence-electron chi connectivity index (χ3n) is 5.88. The monoisotopic (exact) mass is 460 g/mol. The summed E-state index contributed by atoms with van der Waals surface area (Å²) in [7, 11) is 1.62. The van der Waals surface area contributed by atoms with Gasteiger partial charge < -0.3 is 25.3 Å². The number of nitrogens with zero attached hydrogens (tertiary/aromatic N) is 1. The molecule has 0 bridgehead atoms. The molecule has 0 fully saturated rings. The van der Waals surface area contributed by atoms with Crippen molar-refractivity contribution in [1.29, 1.82) is 0 Å². The van der Waals surface area contributed by atoms with Crippen molar-refractivity contribution in [2.24, 2.45) is 0 Å². The van der Waals surface area contributed by atoms with Gasteiger partial charge in [-0.1, -0.05) is 18.2 Å². The lowest BCUT2D eigenvalue weighted by molar-refractivity contribution is -0.121. The van der Waals surface area contributed by atoms with Gasteiger partial charge in [0.1, 0.15) is 11.4 Å². The number of benzene rings is 2. The zero-order valence-electron chi connectivity index (χ0n) is 19.1. The number of fused-ring (bicyclic) bond motifs is 3. The molecule has 176 valence electrons. The molecule has 1 aliphatic heterocycles. The highest BCUT2D eigenvalue weighted by Crippen LogP contribution is 2.30. The molecule has 1 aliphatic rings. The second-order valence-electron chi connectivity index (χ2n) is 8.23. The van der Waals surface area contributed by atoms with E-state index in [0.717, 1.165) is 22.2 Å². The van der Waals surface area contributed by atoms with Crippen molar-refractivity contribution < 1.29 is 19.1 Å². The molecular formula is C26H28N4O4. The van der Waals surface area contributed by atoms with Crippen LogP contribution in [0, 0.1) is 0 Å². The number of hydrogen-bond donors (Lipinski definition) is 3. The largest absolute Gasteiger partial charge is 0.497 e. The Bertz CT molecular complexity index is 1230. The minimum absolute atomic E-state index is 0.0892. The number of aromatic nitrogens is 1. The van der Waals surface area contributed by atoms with Crippen LogP contribution in [0.2, 0.25) is 0 Å². The van der Waals surface area contributed by atoms with E-state index in [4.69, 9.17) is 4.74 Å². The molecule has 0 radical (unpaired) electrons. The highest BCUT2D eigenvalue weighted by molar-refractivity contribution is 6.01. The number of hydrogen-bond acceptors (Lipinski definition) is 4. The van der Waals surface area contributed by atoms with E-state index in [1.807, 2.05) is 47.0 Å². The van der Waals surface area contributed by atoms with Gasteiger partial charge in [0.15, 0.2) is 0 Å². The van der Waals surface area contributed by atoms with E-state index in [1.54, 1.807) is 19.3 Å². The lowest BCUT2D eigenvalue weighted by Gasteiger charge is -2.27. The van der Waals surface area contributed by atoms with Crippen LogP contribution in [0.25, 0.3) is 10.9 Å². The summed E-state index contributed by atoms with van der Waals surface area (Å²) in [5, 5.41) is 9.41. The number of amides is 3. The zero-order valence-corrected chi connectivity index (χ0v) is 19.1. The Kier molecular flexibility index (Phi) is 6.96. The number of aryl methyl sites for hydroxylation is 1. The summed E-state index contributed by atoms with van der Waals surface area (Å²) >= 11 is 0. The number of carbonyl (C=O) groups excluding carboxylic acids is 3. The van der Waals surface area contributed by atoms with Gasteiger partial charge in [-0.25, -0.2) is 0 Å². The van der Waals surface area contributed by atoms with E-state index in [2.05, 4.69) is 22.5 Å². The molecule has 0 saturated carbocycles. The molecule has 1 unspecified atom stereocenters. The number of anilines is 1. The smallest absolute Gasteiger partial charge is 0.268 e. The Morgan fingerprint density at radius 2 is 1.97 bits per heavy atom. The highest BCUT2D eigenvalue weighted by Gasteiger charge is 2.28. The van der Waals surface area contributed by atoms with E-state index in [0.29, 0.717) is 37.3 Å². The summed E-state index contributed by atoms with van der Waals surface area (Å²) < 4.78 is 7.07. The first-order valence-electron chi connectivity index (χ1n) is 11.2. The molecule has 3 aromatic rings. The Hall–Kier alpha value is -4.07. The van der Waals surface area contributed by atoms with E-state index in [-0.39, 0.29) is 30.2 Å². The van der Waals surface area contributed by atoms with E-state index in [9.17, 15) is 14.4 Å². The molecule has 0 saturated heterocycles. The van der Waals surface area contributed by atoms with Crippen LogP contribution in [0.15, 0.2) is 61.2 Å². The van der Waals surface area contributed by atoms with Gasteiger partial charge in [0, 0.05) is 42.5 Å². The van der Waals surface area contributed by atoms with Crippen LogP contribution >= 0.6 is 0 Å². The molecule has 0 spiro atoms. The standard InChI is InChI=1S/C26H28N4O4/c1-3-12-27-25(32)15-20-16-28-26(33)23-14-18-13-19(7-10-22(18)30(20)23)29-24(31)11-6-17-4-8-21(34-2)9-5-17/h3-5,7-10,13-14,20H,1,6,11-12,15-16H2,2H3,(H,27,32)(H,28,33)(H,29,31). The van der Waals surface area contributed by atoms with Crippen LogP contribution in [0.3, 0.4) is 0 Å². The lowest BCUT2D eigenvalue weighted by atomic mass is 10.1. The molecule has 3 N–H and O–H groups in total. The first kappa shape index (κ1) is 23.1. The van der Waals surface area contributed by atoms with E-state index < -0.39 is 0 Å². The van der Waals surface area contributed by atoms with E-state index >= 15 is 0 Å². The van der Waals surface area contributed by atoms with Crippen LogP contribution in [0.5, 0.6) is 5.75 Å². The van der Waals surface area contributed by atoms with Crippen LogP contribution in [-0.4, -0.2) is 42.5 Å². The fourth-order valence-corrected chi connectivity index (χ4v) is 4.18. The maximum absolute atomic E-state index is 12.5. The fourth-order valence-electron chi connectivity index (χ4n) is 4.18. The molecular weight excluding hydrogens is 432 g/mol. The van der Waals surface area contributed by atoms with Gasteiger partial charge in [0.25, 0.3) is 5.91 Å². The second-order valence-corrected chi connectivity index (χ2v) is 8.23. The Morgan fingerprint density at radius 3 is 2.71 bits per heavy atom. The normalized spacial score (nSPS) is 14.7. The third kappa shape index (κ3) is 5.11. The molecule has 8 nitrogen and oxygen atoms in total. The molecule has 3 amide bonds. The van der Waals surface area contributed by atoms with Gasteiger partial charge in [0.05, 0.1) is 13.2 Å². The minimum atomic E-state index is -0.194. The third-order valence-corrected chi connectivity index (χ3v) is 5.88. The SMILES string of the molecule is C=CCNC(=O)CC1CNC(=O)c2cc3cc(NC(=O)CCc4ccc(OC)cc4)ccc3n21. The Labute approximate surface area is 198 Å². The van der Waals surface area contributed by atoms with Crippen molar-refractivity contribution in [1.82, 2.24) is 15.2 Å². The summed E-state index contributed by atoms with van der Waals surface area (Å²) in [5.41, 5.74) is 3.07. The first-order valence-corrected chi connectivity index (χ1v) is 11.2. The van der Waals surface area contributed by atoms with Crippen LogP contribution in [0.4, 0.5) is 5.69 Å². The number of methoxy groups -OCH3 is 1. The molecule has 2 aromatic carbocycles. The summed E-state index contributed by atoms with van der Waals surface area (Å²) in [6, 6.07) is 14.8. The minimum Gasteiger partial charge on any atom is -0.497 e. The van der Waals surface area contributed by atoms with Crippen molar-refractivity contribution in [3.63, 3.8) is 0 Å². The Morgan fingerprint density at radius 1 is 1.18 bits per heavy atom. The van der Waals surface area contributed by atoms with E-state index in [1.165, 1.54) is 0 Å². The zero-order chi connectivity index (χ0) is 24.1. The molecule has 34 heavy (non-hydrogen) atoms. The number of carbonyl (C=O) groups is 3. The summed E-state index contributed by atoms with van der Waals surface area (Å²) in [6.07, 6.45) is 2.84. The van der Waals surface area contributed by atoms with Crippen molar-refractivity contribution in [2.45, 2.75) is 25.3 Å². The topological polar surface area (TPSA) is 101 Å². The van der Waals surface area contributed by atoms with Crippen LogP contribution < -0.4 is 20.7 Å². The quantitative estimate of drug-likeness (QED) is 0.427. The van der Waals surface area contributed by atoms with Crippen molar-refractivity contribution >= 4 is 34.3 Å². The average molecular weight is 461 g/mol. The lowest BCUT2D eigenvalue weighted by Crippen LogP contribution is -2.40. The summed E-state index contributed by atoms with van der Waals surface area (Å²) in [4.78, 5) is 37.2. The number of ether oxygens (including phenoxy) is 1. The van der Waals surface area contributed by atoms with Crippen molar-refractivity contribution in [3.05, 3.63) is 72.4 Å². The first-order chi connectivity index (χ1) is 16.5. The van der Waals surface area contributed by atoms with Crippen LogP contribution in [0.1, 0.15) is 34.9 Å². The number of nitrogens with one attached hydrogen (secondary N) is 3. The van der Waals surface area contributed by atoms with Gasteiger partial charge in [-0.15, -0.1) is 6.58 Å². The molecule has 8 heteroatoms. The summed E-state index contributed by atoms with van der Waals surface area (Å²) in [6.45, 7) is 4.39. The van der Waals surface area contributed by atoms with Crippen molar-refractivity contribution in [3.8, 4) is 5.75 Å². The molecule has 1 atom stereocenters. The maximum Gasteiger partial charge on any atom is 0.268 e. The predicted molar refractivity (Wildman–Crippen MR) is 131 cm³/mol. The van der Waals surface area contributed by atoms with Gasteiger partial charge in [0.2, 0.25) is 11.8 Å². The fraction of sp³-hybridized carbons (Fsp3) is 0.269. The van der Waals surface area contributed by atoms with Gasteiger partial charge in [-0.05, 0) is 48.4 Å². The molecule has 1 aromatic heterocycles. The average Bonchev–Trinajstić information content (AvgIpc) is 3.23.